The predicted molar refractivity (Wildman–Crippen MR) is 103 cm³/mol. The van der Waals surface area contributed by atoms with Crippen LogP contribution in [-0.4, -0.2) is 51.6 Å². The first kappa shape index (κ1) is 19.1. The van der Waals surface area contributed by atoms with Gasteiger partial charge in [0, 0.05) is 48.8 Å². The summed E-state index contributed by atoms with van der Waals surface area (Å²) in [5, 5.41) is 7.30. The minimum atomic E-state index is -0.895. The van der Waals surface area contributed by atoms with Gasteiger partial charge >= 0.3 is 0 Å². The molecule has 1 fully saturated rings. The number of aromatic nitrogens is 2. The number of amides is 1. The third-order valence-electron chi connectivity index (χ3n) is 6.02. The van der Waals surface area contributed by atoms with Gasteiger partial charge in [0.25, 0.3) is 0 Å². The average molecular weight is 388 g/mol. The van der Waals surface area contributed by atoms with E-state index in [4.69, 9.17) is 0 Å². The van der Waals surface area contributed by atoms with Crippen molar-refractivity contribution in [1.29, 1.82) is 0 Å². The average Bonchev–Trinajstić information content (AvgIpc) is 3.37. The number of hydrogen-bond acceptors (Lipinski definition) is 3. The minimum Gasteiger partial charge on any atom is -0.338 e. The Morgan fingerprint density at radius 1 is 1.21 bits per heavy atom. The zero-order valence-electron chi connectivity index (χ0n) is 16.2. The molecular weight excluding hydrogens is 362 g/mol. The molecule has 0 radical (unpaired) electrons. The number of hydrogen-bond donors (Lipinski definition) is 1. The van der Waals surface area contributed by atoms with Crippen LogP contribution >= 0.6 is 0 Å². The van der Waals surface area contributed by atoms with E-state index in [9.17, 15) is 13.6 Å². The Balaban J connectivity index is 1.43. The van der Waals surface area contributed by atoms with E-state index in [1.165, 1.54) is 18.9 Å². The maximum absolute atomic E-state index is 13.6. The molecule has 1 aromatic heterocycles. The molecule has 5 nitrogen and oxygen atoms in total. The topological polar surface area (TPSA) is 52.2 Å². The quantitative estimate of drug-likeness (QED) is 0.853. The van der Waals surface area contributed by atoms with Gasteiger partial charge in [0.2, 0.25) is 5.91 Å². The number of nitrogens with zero attached hydrogens (tertiary/aromatic N) is 3. The van der Waals surface area contributed by atoms with Gasteiger partial charge in [-0.3, -0.25) is 9.89 Å². The normalized spacial score (nSPS) is 18.3. The van der Waals surface area contributed by atoms with Crippen LogP contribution in [0.4, 0.5) is 8.78 Å². The highest BCUT2D eigenvalue weighted by atomic mass is 19.2. The number of benzene rings is 1. The number of carbonyl (C=O) groups excluding carboxylic acids is 1. The van der Waals surface area contributed by atoms with E-state index in [0.29, 0.717) is 43.2 Å². The first-order valence-electron chi connectivity index (χ1n) is 10.1. The fourth-order valence-electron chi connectivity index (χ4n) is 4.25. The first-order chi connectivity index (χ1) is 13.5. The largest absolute Gasteiger partial charge is 0.338 e. The summed E-state index contributed by atoms with van der Waals surface area (Å²) in [5.41, 5.74) is 2.98. The van der Waals surface area contributed by atoms with Crippen LogP contribution in [0, 0.1) is 11.6 Å². The molecule has 0 aliphatic carbocycles. The van der Waals surface area contributed by atoms with Crippen molar-refractivity contribution in [3.8, 4) is 11.3 Å². The lowest BCUT2D eigenvalue weighted by atomic mass is 10.00. The first-order valence-corrected chi connectivity index (χ1v) is 10.1. The summed E-state index contributed by atoms with van der Waals surface area (Å²) in [6.07, 6.45) is 4.59. The molecule has 2 aliphatic heterocycles. The van der Waals surface area contributed by atoms with E-state index in [1.54, 1.807) is 0 Å². The van der Waals surface area contributed by atoms with Gasteiger partial charge in [0.15, 0.2) is 11.6 Å². The summed E-state index contributed by atoms with van der Waals surface area (Å²) in [6, 6.07) is 4.22. The van der Waals surface area contributed by atoms with Gasteiger partial charge < -0.3 is 9.80 Å². The standard InChI is InChI=1S/C21H26F2N4O/c1-14(26-9-2-3-10-26)4-7-20(28)27-11-8-19-16(13-27)21(25-24-19)15-5-6-17(22)18(23)12-15/h5-6,12,14H,2-4,7-11,13H2,1H3,(H,24,25)/t14-/m1/s1. The summed E-state index contributed by atoms with van der Waals surface area (Å²) in [5.74, 6) is -1.62. The highest BCUT2D eigenvalue weighted by Crippen LogP contribution is 2.29. The highest BCUT2D eigenvalue weighted by Gasteiger charge is 2.27. The molecule has 1 saturated heterocycles. The maximum Gasteiger partial charge on any atom is 0.222 e. The second kappa shape index (κ2) is 7.99. The number of nitrogens with one attached hydrogen (secondary N) is 1. The van der Waals surface area contributed by atoms with Gasteiger partial charge in [-0.25, -0.2) is 8.78 Å². The van der Waals surface area contributed by atoms with Crippen LogP contribution in [0.5, 0.6) is 0 Å². The zero-order chi connectivity index (χ0) is 19.7. The van der Waals surface area contributed by atoms with E-state index in [2.05, 4.69) is 22.0 Å². The highest BCUT2D eigenvalue weighted by molar-refractivity contribution is 5.77. The summed E-state index contributed by atoms with van der Waals surface area (Å²) >= 11 is 0. The lowest BCUT2D eigenvalue weighted by Crippen LogP contribution is -2.37. The summed E-state index contributed by atoms with van der Waals surface area (Å²) in [6.45, 7) is 5.58. The van der Waals surface area contributed by atoms with Crippen molar-refractivity contribution in [2.75, 3.05) is 19.6 Å². The monoisotopic (exact) mass is 388 g/mol. The Morgan fingerprint density at radius 2 is 2.00 bits per heavy atom. The summed E-state index contributed by atoms with van der Waals surface area (Å²) in [7, 11) is 0. The van der Waals surface area contributed by atoms with Crippen LogP contribution in [-0.2, 0) is 17.8 Å². The van der Waals surface area contributed by atoms with E-state index in [1.807, 2.05) is 4.90 Å². The predicted octanol–water partition coefficient (Wildman–Crippen LogP) is 3.50. The molecule has 0 unspecified atom stereocenters. The summed E-state index contributed by atoms with van der Waals surface area (Å²) in [4.78, 5) is 17.1. The van der Waals surface area contributed by atoms with Crippen molar-refractivity contribution in [1.82, 2.24) is 20.0 Å². The maximum atomic E-state index is 13.6. The molecule has 28 heavy (non-hydrogen) atoms. The minimum absolute atomic E-state index is 0.147. The van der Waals surface area contributed by atoms with Crippen molar-refractivity contribution in [2.45, 2.75) is 51.6 Å². The van der Waals surface area contributed by atoms with Crippen LogP contribution in [0.1, 0.15) is 43.9 Å². The van der Waals surface area contributed by atoms with Gasteiger partial charge in [0.1, 0.15) is 0 Å². The van der Waals surface area contributed by atoms with Crippen LogP contribution in [0.3, 0.4) is 0 Å². The van der Waals surface area contributed by atoms with Crippen molar-refractivity contribution in [3.63, 3.8) is 0 Å². The van der Waals surface area contributed by atoms with E-state index < -0.39 is 11.6 Å². The Hall–Kier alpha value is -2.28. The lowest BCUT2D eigenvalue weighted by Gasteiger charge is -2.29. The Morgan fingerprint density at radius 3 is 2.75 bits per heavy atom. The Kier molecular flexibility index (Phi) is 5.44. The third kappa shape index (κ3) is 3.81. The molecule has 0 saturated carbocycles. The van der Waals surface area contributed by atoms with Gasteiger partial charge in [-0.1, -0.05) is 0 Å². The third-order valence-corrected chi connectivity index (χ3v) is 6.02. The van der Waals surface area contributed by atoms with E-state index in [0.717, 1.165) is 42.9 Å². The Labute approximate surface area is 163 Å². The Bertz CT molecular complexity index is 860. The van der Waals surface area contributed by atoms with Crippen molar-refractivity contribution in [2.24, 2.45) is 0 Å². The number of carbonyl (C=O) groups is 1. The lowest BCUT2D eigenvalue weighted by molar-refractivity contribution is -0.132. The second-order valence-electron chi connectivity index (χ2n) is 7.85. The van der Waals surface area contributed by atoms with Crippen LogP contribution in [0.2, 0.25) is 0 Å². The molecule has 1 N–H and O–H groups in total. The molecule has 0 spiro atoms. The number of likely N-dealkylation sites (tertiary alicyclic amines) is 1. The van der Waals surface area contributed by atoms with Gasteiger partial charge in [-0.05, 0) is 57.5 Å². The fraction of sp³-hybridized carbons (Fsp3) is 0.524. The molecular formula is C21H26F2N4O. The van der Waals surface area contributed by atoms with Crippen molar-refractivity contribution >= 4 is 5.91 Å². The van der Waals surface area contributed by atoms with Crippen LogP contribution in [0.15, 0.2) is 18.2 Å². The van der Waals surface area contributed by atoms with Crippen molar-refractivity contribution < 1.29 is 13.6 Å². The van der Waals surface area contributed by atoms with E-state index >= 15 is 0 Å². The number of aromatic amines is 1. The number of rotatable bonds is 5. The number of halogens is 2. The number of fused-ring (bicyclic) bond motifs is 1. The molecule has 3 heterocycles. The summed E-state index contributed by atoms with van der Waals surface area (Å²) < 4.78 is 26.9. The molecule has 7 heteroatoms. The fourth-order valence-corrected chi connectivity index (χ4v) is 4.25. The second-order valence-corrected chi connectivity index (χ2v) is 7.85. The van der Waals surface area contributed by atoms with Crippen LogP contribution in [0.25, 0.3) is 11.3 Å². The van der Waals surface area contributed by atoms with Crippen LogP contribution < -0.4 is 0 Å². The smallest absolute Gasteiger partial charge is 0.222 e. The molecule has 2 aliphatic rings. The van der Waals surface area contributed by atoms with E-state index in [-0.39, 0.29) is 5.91 Å². The molecule has 150 valence electrons. The number of H-pyrrole nitrogens is 1. The zero-order valence-corrected chi connectivity index (χ0v) is 16.2. The molecule has 1 atom stereocenters. The molecule has 0 bridgehead atoms. The van der Waals surface area contributed by atoms with Gasteiger partial charge in [0.05, 0.1) is 5.69 Å². The molecule has 1 aromatic carbocycles. The molecule has 4 rings (SSSR count). The van der Waals surface area contributed by atoms with Gasteiger partial charge in [-0.15, -0.1) is 0 Å². The van der Waals surface area contributed by atoms with Gasteiger partial charge in [-0.2, -0.15) is 5.10 Å². The SMILES string of the molecule is C[C@H](CCC(=O)N1CCc2[nH]nc(-c3ccc(F)c(F)c3)c2C1)N1CCCC1. The molecule has 2 aromatic rings. The molecule has 1 amide bonds. The van der Waals surface area contributed by atoms with Crippen molar-refractivity contribution in [3.05, 3.63) is 41.1 Å².